The van der Waals surface area contributed by atoms with Gasteiger partial charge in [-0.25, -0.2) is 4.79 Å². The van der Waals surface area contributed by atoms with Crippen molar-refractivity contribution in [1.82, 2.24) is 15.5 Å². The number of aliphatic carboxylic acids is 1. The second-order valence-electron chi connectivity index (χ2n) is 3.65. The van der Waals surface area contributed by atoms with E-state index >= 15 is 0 Å². The smallest absolute Gasteiger partial charge is 0.326 e. The highest BCUT2D eigenvalue weighted by molar-refractivity contribution is 7.98. The summed E-state index contributed by atoms with van der Waals surface area (Å²) in [6.07, 6.45) is 0.354. The molecular formula is C10H15N3O4S. The number of rotatable bonds is 7. The summed E-state index contributed by atoms with van der Waals surface area (Å²) in [4.78, 5) is 21.6. The molecule has 0 aliphatic rings. The van der Waals surface area contributed by atoms with E-state index in [-0.39, 0.29) is 5.91 Å². The van der Waals surface area contributed by atoms with Gasteiger partial charge in [-0.1, -0.05) is 0 Å². The number of carboxylic acid groups (broad SMARTS) is 1. The molecule has 1 amide bonds. The minimum atomic E-state index is -1.03. The Kier molecular flexibility index (Phi) is 5.63. The summed E-state index contributed by atoms with van der Waals surface area (Å²) < 4.78 is 5.17. The van der Waals surface area contributed by atoms with Gasteiger partial charge in [-0.05, 0) is 12.2 Å². The third-order valence-corrected chi connectivity index (χ3v) is 3.00. The van der Waals surface area contributed by atoms with Crippen molar-refractivity contribution in [2.75, 3.05) is 5.75 Å². The minimum Gasteiger partial charge on any atom is -0.480 e. The van der Waals surface area contributed by atoms with Crippen molar-refractivity contribution in [2.24, 2.45) is 0 Å². The molecule has 100 valence electrons. The van der Waals surface area contributed by atoms with Crippen molar-refractivity contribution in [3.8, 4) is 0 Å². The van der Waals surface area contributed by atoms with Crippen LogP contribution in [0.1, 0.15) is 25.1 Å². The molecule has 0 aliphatic carbocycles. The second-order valence-corrected chi connectivity index (χ2v) is 4.75. The van der Waals surface area contributed by atoms with Crippen LogP contribution in [-0.2, 0) is 15.3 Å². The van der Waals surface area contributed by atoms with E-state index in [1.807, 2.05) is 0 Å². The van der Waals surface area contributed by atoms with Crippen LogP contribution in [0.25, 0.3) is 0 Å². The summed E-state index contributed by atoms with van der Waals surface area (Å²) in [7, 11) is 0. The molecule has 1 aromatic rings. The number of hydrogen-bond donors (Lipinski definition) is 2. The number of amides is 1. The maximum absolute atomic E-state index is 10.8. The Morgan fingerprint density at radius 2 is 2.22 bits per heavy atom. The van der Waals surface area contributed by atoms with E-state index in [4.69, 9.17) is 9.52 Å². The maximum atomic E-state index is 10.8. The molecule has 8 heteroatoms. The van der Waals surface area contributed by atoms with Crippen molar-refractivity contribution in [2.45, 2.75) is 32.1 Å². The number of aromatic nitrogens is 2. The monoisotopic (exact) mass is 273 g/mol. The van der Waals surface area contributed by atoms with E-state index in [0.717, 1.165) is 0 Å². The molecule has 0 saturated carbocycles. The van der Waals surface area contributed by atoms with Crippen LogP contribution in [-0.4, -0.2) is 39.0 Å². The second kappa shape index (κ2) is 7.00. The summed E-state index contributed by atoms with van der Waals surface area (Å²) in [5.41, 5.74) is 0. The molecule has 1 heterocycles. The van der Waals surface area contributed by atoms with E-state index in [1.165, 1.54) is 18.7 Å². The molecule has 0 aromatic carbocycles. The van der Waals surface area contributed by atoms with Crippen molar-refractivity contribution in [3.63, 3.8) is 0 Å². The van der Waals surface area contributed by atoms with Crippen molar-refractivity contribution in [1.29, 1.82) is 0 Å². The fourth-order valence-corrected chi connectivity index (χ4v) is 2.10. The first-order valence-corrected chi connectivity index (χ1v) is 6.51. The highest BCUT2D eigenvalue weighted by atomic mass is 32.2. The Hall–Kier alpha value is -1.57. The van der Waals surface area contributed by atoms with Gasteiger partial charge in [-0.3, -0.25) is 4.79 Å². The van der Waals surface area contributed by atoms with Crippen LogP contribution in [0, 0.1) is 6.92 Å². The molecule has 0 aliphatic heterocycles. The van der Waals surface area contributed by atoms with Gasteiger partial charge in [-0.2, -0.15) is 11.8 Å². The van der Waals surface area contributed by atoms with E-state index in [9.17, 15) is 9.59 Å². The lowest BCUT2D eigenvalue weighted by molar-refractivity contribution is -0.141. The van der Waals surface area contributed by atoms with Gasteiger partial charge in [0.05, 0.1) is 5.75 Å². The number of carbonyl (C=O) groups is 2. The summed E-state index contributed by atoms with van der Waals surface area (Å²) in [6.45, 7) is 3.00. The Morgan fingerprint density at radius 1 is 1.50 bits per heavy atom. The lowest BCUT2D eigenvalue weighted by atomic mass is 10.2. The van der Waals surface area contributed by atoms with Gasteiger partial charge in [0, 0.05) is 13.8 Å². The molecule has 0 saturated heterocycles. The lowest BCUT2D eigenvalue weighted by Gasteiger charge is -2.12. The number of aryl methyl sites for hydroxylation is 1. The number of nitrogens with one attached hydrogen (secondary N) is 1. The zero-order chi connectivity index (χ0) is 13.5. The zero-order valence-electron chi connectivity index (χ0n) is 10.2. The van der Waals surface area contributed by atoms with Gasteiger partial charge in [-0.15, -0.1) is 10.2 Å². The molecule has 1 unspecified atom stereocenters. The molecule has 2 N–H and O–H groups in total. The van der Waals surface area contributed by atoms with E-state index in [2.05, 4.69) is 15.5 Å². The van der Waals surface area contributed by atoms with Crippen LogP contribution < -0.4 is 5.32 Å². The average Bonchev–Trinajstić information content (AvgIpc) is 2.68. The van der Waals surface area contributed by atoms with E-state index in [0.29, 0.717) is 29.7 Å². The predicted molar refractivity (Wildman–Crippen MR) is 65.1 cm³/mol. The topological polar surface area (TPSA) is 105 Å². The Morgan fingerprint density at radius 3 is 2.72 bits per heavy atom. The Bertz CT molecular complexity index is 421. The number of thioether (sulfide) groups is 1. The first-order chi connectivity index (χ1) is 8.49. The van der Waals surface area contributed by atoms with Crippen LogP contribution in [0.2, 0.25) is 0 Å². The highest BCUT2D eigenvalue weighted by Gasteiger charge is 2.17. The SMILES string of the molecule is CC(=O)NC(CCSCc1nnc(C)o1)C(=O)O. The number of carbonyl (C=O) groups excluding carboxylic acids is 1. The molecule has 0 bridgehead atoms. The van der Waals surface area contributed by atoms with Gasteiger partial charge >= 0.3 is 5.97 Å². The molecule has 0 radical (unpaired) electrons. The van der Waals surface area contributed by atoms with Crippen molar-refractivity contribution in [3.05, 3.63) is 11.8 Å². The van der Waals surface area contributed by atoms with E-state index in [1.54, 1.807) is 6.92 Å². The summed E-state index contributed by atoms with van der Waals surface area (Å²) in [6, 6.07) is -0.848. The molecule has 1 rings (SSSR count). The highest BCUT2D eigenvalue weighted by Crippen LogP contribution is 2.12. The molecule has 1 atom stereocenters. The number of nitrogens with zero attached hydrogens (tertiary/aromatic N) is 2. The third-order valence-electron chi connectivity index (χ3n) is 2.02. The quantitative estimate of drug-likeness (QED) is 0.700. The van der Waals surface area contributed by atoms with Gasteiger partial charge in [0.1, 0.15) is 6.04 Å². The van der Waals surface area contributed by atoms with Gasteiger partial charge in [0.15, 0.2) is 0 Å². The van der Waals surface area contributed by atoms with Gasteiger partial charge < -0.3 is 14.8 Å². The van der Waals surface area contributed by atoms with E-state index < -0.39 is 12.0 Å². The van der Waals surface area contributed by atoms with Gasteiger partial charge in [0.2, 0.25) is 17.7 Å². The summed E-state index contributed by atoms with van der Waals surface area (Å²) in [5.74, 6) is 0.766. The first kappa shape index (κ1) is 14.5. The van der Waals surface area contributed by atoms with Crippen molar-refractivity contribution >= 4 is 23.6 Å². The minimum absolute atomic E-state index is 0.347. The van der Waals surface area contributed by atoms with Crippen molar-refractivity contribution < 1.29 is 19.1 Å². The number of carboxylic acids is 1. The first-order valence-electron chi connectivity index (χ1n) is 5.35. The zero-order valence-corrected chi connectivity index (χ0v) is 11.0. The summed E-state index contributed by atoms with van der Waals surface area (Å²) in [5, 5.41) is 18.8. The molecular weight excluding hydrogens is 258 g/mol. The standard InChI is InChI=1S/C10H15N3O4S/c1-6(14)11-8(10(15)16)3-4-18-5-9-13-12-7(2)17-9/h8H,3-5H2,1-2H3,(H,11,14)(H,15,16). The Balaban J connectivity index is 2.26. The van der Waals surface area contributed by atoms with Crippen LogP contribution in [0.3, 0.4) is 0 Å². The largest absolute Gasteiger partial charge is 0.480 e. The predicted octanol–water partition coefficient (Wildman–Crippen LogP) is 0.591. The van der Waals surface area contributed by atoms with Crippen LogP contribution >= 0.6 is 11.8 Å². The fraction of sp³-hybridized carbons (Fsp3) is 0.600. The lowest BCUT2D eigenvalue weighted by Crippen LogP contribution is -2.39. The number of hydrogen-bond acceptors (Lipinski definition) is 6. The molecule has 18 heavy (non-hydrogen) atoms. The normalized spacial score (nSPS) is 12.1. The molecule has 7 nitrogen and oxygen atoms in total. The van der Waals surface area contributed by atoms with Gasteiger partial charge in [0.25, 0.3) is 0 Å². The average molecular weight is 273 g/mol. The van der Waals surface area contributed by atoms with Crippen LogP contribution in [0.15, 0.2) is 4.42 Å². The molecule has 0 spiro atoms. The molecule has 1 aromatic heterocycles. The third kappa shape index (κ3) is 5.17. The maximum Gasteiger partial charge on any atom is 0.326 e. The molecule has 0 fully saturated rings. The summed E-state index contributed by atoms with van der Waals surface area (Å²) >= 11 is 1.48. The Labute approximate surface area is 108 Å². The van der Waals surface area contributed by atoms with Crippen LogP contribution in [0.5, 0.6) is 0 Å². The fourth-order valence-electron chi connectivity index (χ4n) is 1.26. The van der Waals surface area contributed by atoms with Crippen LogP contribution in [0.4, 0.5) is 0 Å².